The van der Waals surface area contributed by atoms with Crippen LogP contribution in [0.4, 0.5) is 0 Å². The molecule has 0 heterocycles. The van der Waals surface area contributed by atoms with Crippen molar-refractivity contribution in [3.05, 3.63) is 22.3 Å². The van der Waals surface area contributed by atoms with Gasteiger partial charge in [-0.3, -0.25) is 0 Å². The van der Waals surface area contributed by atoms with Gasteiger partial charge in [0.25, 0.3) is 0 Å². The van der Waals surface area contributed by atoms with Gasteiger partial charge < -0.3 is 0 Å². The first-order chi connectivity index (χ1) is 6.14. The highest BCUT2D eigenvalue weighted by Gasteiger charge is 2.53. The van der Waals surface area contributed by atoms with Crippen LogP contribution >= 0.6 is 33.2 Å². The fourth-order valence-electron chi connectivity index (χ4n) is 2.02. The van der Waals surface area contributed by atoms with Crippen molar-refractivity contribution in [1.29, 1.82) is 0 Å². The number of allylic oxidation sites excluding steroid dienone is 4. The van der Waals surface area contributed by atoms with Crippen LogP contribution in [0.15, 0.2) is 22.3 Å². The standard InChI is InChI=1S/C10H15Cl3Si/c1-6-7(2)9(4)10(5,8(6)3)14(11,12)13/h1-5H3. The zero-order valence-corrected chi connectivity index (χ0v) is 12.4. The van der Waals surface area contributed by atoms with Gasteiger partial charge in [0.2, 0.25) is 0 Å². The maximum absolute atomic E-state index is 6.20. The van der Waals surface area contributed by atoms with Crippen LogP contribution in [0.25, 0.3) is 0 Å². The van der Waals surface area contributed by atoms with Gasteiger partial charge in [-0.15, -0.1) is 33.2 Å². The molecule has 0 amide bonds. The second kappa shape index (κ2) is 3.55. The van der Waals surface area contributed by atoms with Gasteiger partial charge in [0.05, 0.1) is 0 Å². The van der Waals surface area contributed by atoms with E-state index in [1.165, 1.54) is 22.3 Å². The van der Waals surface area contributed by atoms with Crippen LogP contribution in [0.3, 0.4) is 0 Å². The topological polar surface area (TPSA) is 0 Å². The average Bonchev–Trinajstić information content (AvgIpc) is 2.21. The van der Waals surface area contributed by atoms with Crippen molar-refractivity contribution in [3.8, 4) is 0 Å². The Morgan fingerprint density at radius 2 is 1.14 bits per heavy atom. The van der Waals surface area contributed by atoms with Crippen LogP contribution in [-0.4, -0.2) is 6.00 Å². The molecule has 0 fully saturated rings. The van der Waals surface area contributed by atoms with Gasteiger partial charge in [0.15, 0.2) is 0 Å². The predicted octanol–water partition coefficient (Wildman–Crippen LogP) is 5.09. The summed E-state index contributed by atoms with van der Waals surface area (Å²) in [6, 6.07) is -2.76. The summed E-state index contributed by atoms with van der Waals surface area (Å²) in [4.78, 5) is 0. The van der Waals surface area contributed by atoms with E-state index in [9.17, 15) is 0 Å². The molecule has 0 aliphatic heterocycles. The van der Waals surface area contributed by atoms with Crippen molar-refractivity contribution in [2.75, 3.05) is 0 Å². The quantitative estimate of drug-likeness (QED) is 0.459. The van der Waals surface area contributed by atoms with Crippen LogP contribution in [0.2, 0.25) is 5.04 Å². The smallest absolute Gasteiger partial charge is 0.125 e. The monoisotopic (exact) mass is 268 g/mol. The summed E-state index contributed by atoms with van der Waals surface area (Å²) in [7, 11) is 0. The van der Waals surface area contributed by atoms with Crippen LogP contribution < -0.4 is 0 Å². The third-order valence-corrected chi connectivity index (χ3v) is 9.04. The first-order valence-electron chi connectivity index (χ1n) is 4.57. The first kappa shape index (κ1) is 12.6. The minimum atomic E-state index is -2.76. The van der Waals surface area contributed by atoms with E-state index >= 15 is 0 Å². The van der Waals surface area contributed by atoms with Crippen molar-refractivity contribution in [2.45, 2.75) is 39.7 Å². The number of rotatable bonds is 1. The molecule has 1 aliphatic rings. The zero-order valence-electron chi connectivity index (χ0n) is 9.13. The van der Waals surface area contributed by atoms with Gasteiger partial charge in [-0.2, -0.15) is 0 Å². The summed E-state index contributed by atoms with van der Waals surface area (Å²) in [5.74, 6) is 0. The Hall–Kier alpha value is 0.567. The van der Waals surface area contributed by atoms with E-state index < -0.39 is 6.00 Å². The van der Waals surface area contributed by atoms with E-state index in [1.807, 2.05) is 0 Å². The highest BCUT2D eigenvalue weighted by Crippen LogP contribution is 2.61. The summed E-state index contributed by atoms with van der Waals surface area (Å²) in [6.45, 7) is 10.4. The third-order valence-electron chi connectivity index (χ3n) is 3.75. The molecule has 0 radical (unpaired) electrons. The highest BCUT2D eigenvalue weighted by atomic mass is 35.8. The molecule has 14 heavy (non-hydrogen) atoms. The fraction of sp³-hybridized carbons (Fsp3) is 0.600. The fourth-order valence-corrected chi connectivity index (χ4v) is 5.80. The maximum Gasteiger partial charge on any atom is 0.354 e. The summed E-state index contributed by atoms with van der Waals surface area (Å²) in [6.07, 6.45) is 0. The lowest BCUT2D eigenvalue weighted by Crippen LogP contribution is -2.31. The lowest BCUT2D eigenvalue weighted by atomic mass is 9.98. The third kappa shape index (κ3) is 1.49. The highest BCUT2D eigenvalue weighted by molar-refractivity contribution is 7.66. The lowest BCUT2D eigenvalue weighted by Gasteiger charge is -2.34. The van der Waals surface area contributed by atoms with Crippen LogP contribution in [-0.2, 0) is 0 Å². The molecule has 0 aromatic rings. The minimum absolute atomic E-state index is 0.314. The Balaban J connectivity index is 3.42. The summed E-state index contributed by atoms with van der Waals surface area (Å²) in [5.41, 5.74) is 5.01. The molecule has 0 aromatic heterocycles. The number of hydrogen-bond donors (Lipinski definition) is 0. The summed E-state index contributed by atoms with van der Waals surface area (Å²) in [5, 5.41) is -0.314. The normalized spacial score (nSPS) is 22.3. The van der Waals surface area contributed by atoms with E-state index in [-0.39, 0.29) is 5.04 Å². The summed E-state index contributed by atoms with van der Waals surface area (Å²) >= 11 is 18.6. The lowest BCUT2D eigenvalue weighted by molar-refractivity contribution is 0.829. The van der Waals surface area contributed by atoms with E-state index in [0.29, 0.717) is 0 Å². The van der Waals surface area contributed by atoms with Crippen molar-refractivity contribution < 1.29 is 0 Å². The molecule has 0 saturated carbocycles. The van der Waals surface area contributed by atoms with E-state index in [4.69, 9.17) is 33.2 Å². The Morgan fingerprint density at radius 1 is 0.857 bits per heavy atom. The van der Waals surface area contributed by atoms with Crippen molar-refractivity contribution in [1.82, 2.24) is 0 Å². The van der Waals surface area contributed by atoms with Gasteiger partial charge in [-0.1, -0.05) is 18.1 Å². The van der Waals surface area contributed by atoms with Crippen LogP contribution in [0.5, 0.6) is 0 Å². The SMILES string of the molecule is CC1=C(C)C(C)([Si](Cl)(Cl)Cl)C(C)=C1C. The molecule has 0 nitrogen and oxygen atoms in total. The second-order valence-corrected chi connectivity index (χ2v) is 13.0. The number of hydrogen-bond acceptors (Lipinski definition) is 0. The van der Waals surface area contributed by atoms with Crippen LogP contribution in [0, 0.1) is 0 Å². The zero-order chi connectivity index (χ0) is 11.3. The molecule has 4 heteroatoms. The van der Waals surface area contributed by atoms with Gasteiger partial charge in [-0.25, -0.2) is 0 Å². The first-order valence-corrected chi connectivity index (χ1v) is 9.60. The minimum Gasteiger partial charge on any atom is -0.125 e. The van der Waals surface area contributed by atoms with E-state index in [1.54, 1.807) is 0 Å². The Bertz CT molecular complexity index is 310. The molecule has 0 aromatic carbocycles. The Kier molecular flexibility index (Phi) is 3.20. The molecule has 0 atom stereocenters. The van der Waals surface area contributed by atoms with Gasteiger partial charge in [0.1, 0.15) is 0 Å². The summed E-state index contributed by atoms with van der Waals surface area (Å²) < 4.78 is 0. The van der Waals surface area contributed by atoms with Gasteiger partial charge >= 0.3 is 6.00 Å². The molecular weight excluding hydrogens is 255 g/mol. The van der Waals surface area contributed by atoms with E-state index in [0.717, 1.165) is 0 Å². The number of halogens is 3. The molecule has 1 rings (SSSR count). The molecule has 0 N–H and O–H groups in total. The molecule has 0 bridgehead atoms. The molecule has 1 aliphatic carbocycles. The van der Waals surface area contributed by atoms with Crippen molar-refractivity contribution in [2.24, 2.45) is 0 Å². The predicted molar refractivity (Wildman–Crippen MR) is 68.4 cm³/mol. The van der Waals surface area contributed by atoms with Gasteiger partial charge in [0, 0.05) is 5.04 Å². The molecule has 0 spiro atoms. The Labute approximate surface area is 101 Å². The Morgan fingerprint density at radius 3 is 1.29 bits per heavy atom. The molecular formula is C10H15Cl3Si. The van der Waals surface area contributed by atoms with Gasteiger partial charge in [-0.05, 0) is 38.8 Å². The van der Waals surface area contributed by atoms with Crippen molar-refractivity contribution >= 4 is 39.2 Å². The second-order valence-electron chi connectivity index (χ2n) is 4.12. The maximum atomic E-state index is 6.20. The molecule has 80 valence electrons. The average molecular weight is 270 g/mol. The molecule has 0 saturated heterocycles. The largest absolute Gasteiger partial charge is 0.354 e. The van der Waals surface area contributed by atoms with E-state index in [2.05, 4.69) is 34.6 Å². The van der Waals surface area contributed by atoms with Crippen LogP contribution in [0.1, 0.15) is 34.6 Å². The van der Waals surface area contributed by atoms with Crippen molar-refractivity contribution in [3.63, 3.8) is 0 Å². The molecule has 0 unspecified atom stereocenters.